The minimum absolute atomic E-state index is 0.0867. The minimum atomic E-state index is -0.488. The topological polar surface area (TPSA) is 0 Å². The van der Waals surface area contributed by atoms with Crippen molar-refractivity contribution in [1.82, 2.24) is 0 Å². The third-order valence-electron chi connectivity index (χ3n) is 10.0. The standard InChI is InChI=1S/C38H48P2/c1-30(31-17-14-15-18-31)29-38(40(34-23-10-4-11-24-34)35-25-12-5-13-26-35)36-27-16-28-37(36)39(32-19-6-2-7-20-32)33-21-8-3-9-22-33/h4-5,10-18,23-28,30-33,36,38H,2-3,6-9,19-22,29H2,1H3/t30-,36?,38-/m1/s1. The first-order valence-electron chi connectivity index (χ1n) is 16.2. The molecule has 2 heteroatoms. The summed E-state index contributed by atoms with van der Waals surface area (Å²) >= 11 is 0. The molecule has 0 amide bonds. The normalized spacial score (nSPS) is 23.8. The molecule has 0 spiro atoms. The van der Waals surface area contributed by atoms with Crippen LogP contribution in [0.3, 0.4) is 0 Å². The fourth-order valence-electron chi connectivity index (χ4n) is 7.99. The van der Waals surface area contributed by atoms with Gasteiger partial charge in [-0.25, -0.2) is 0 Å². The van der Waals surface area contributed by atoms with Gasteiger partial charge in [0.05, 0.1) is 0 Å². The molecular weight excluding hydrogens is 518 g/mol. The lowest BCUT2D eigenvalue weighted by molar-refractivity contribution is 0.437. The Morgan fingerprint density at radius 3 is 1.70 bits per heavy atom. The zero-order valence-electron chi connectivity index (χ0n) is 24.5. The van der Waals surface area contributed by atoms with Gasteiger partial charge in [0.1, 0.15) is 0 Å². The maximum Gasteiger partial charge on any atom is 0.00994 e. The van der Waals surface area contributed by atoms with E-state index in [4.69, 9.17) is 0 Å². The summed E-state index contributed by atoms with van der Waals surface area (Å²) < 4.78 is 0. The second kappa shape index (κ2) is 14.0. The fourth-order valence-corrected chi connectivity index (χ4v) is 15.4. The monoisotopic (exact) mass is 566 g/mol. The van der Waals surface area contributed by atoms with Gasteiger partial charge in [0.15, 0.2) is 0 Å². The predicted molar refractivity (Wildman–Crippen MR) is 180 cm³/mol. The molecule has 40 heavy (non-hydrogen) atoms. The van der Waals surface area contributed by atoms with E-state index in [2.05, 4.69) is 110 Å². The molecule has 0 heterocycles. The van der Waals surface area contributed by atoms with Crippen LogP contribution in [-0.2, 0) is 0 Å². The highest BCUT2D eigenvalue weighted by Crippen LogP contribution is 2.66. The Labute approximate surface area is 246 Å². The first kappa shape index (κ1) is 28.4. The molecule has 0 aromatic heterocycles. The predicted octanol–water partition coefficient (Wildman–Crippen LogP) is 10.5. The van der Waals surface area contributed by atoms with Crippen molar-refractivity contribution in [2.75, 3.05) is 0 Å². The van der Waals surface area contributed by atoms with Crippen LogP contribution in [-0.4, -0.2) is 17.0 Å². The van der Waals surface area contributed by atoms with Gasteiger partial charge in [-0.1, -0.05) is 157 Å². The summed E-state index contributed by atoms with van der Waals surface area (Å²) in [5.41, 5.74) is 2.54. The minimum Gasteiger partial charge on any atom is -0.0774 e. The second-order valence-electron chi connectivity index (χ2n) is 12.7. The second-order valence-corrected chi connectivity index (χ2v) is 17.9. The fraction of sp³-hybridized carbons (Fsp3) is 0.474. The van der Waals surface area contributed by atoms with Crippen molar-refractivity contribution in [3.63, 3.8) is 0 Å². The Bertz CT molecular complexity index is 1110. The summed E-state index contributed by atoms with van der Waals surface area (Å²) in [5, 5.41) is 5.00. The van der Waals surface area contributed by atoms with Crippen LogP contribution in [0.25, 0.3) is 0 Å². The average Bonchev–Trinajstić information content (AvgIpc) is 3.73. The molecule has 210 valence electrons. The van der Waals surface area contributed by atoms with Gasteiger partial charge in [-0.05, 0) is 84.8 Å². The summed E-state index contributed by atoms with van der Waals surface area (Å²) in [7, 11) is -0.575. The van der Waals surface area contributed by atoms with E-state index in [1.807, 2.05) is 5.31 Å². The first-order chi connectivity index (χ1) is 19.8. The number of hydrogen-bond acceptors (Lipinski definition) is 0. The Hall–Kier alpha value is -1.74. The van der Waals surface area contributed by atoms with Gasteiger partial charge in [-0.3, -0.25) is 0 Å². The molecule has 0 saturated heterocycles. The van der Waals surface area contributed by atoms with Crippen LogP contribution >= 0.6 is 15.8 Å². The summed E-state index contributed by atoms with van der Waals surface area (Å²) in [6.07, 6.45) is 33.2. The van der Waals surface area contributed by atoms with Gasteiger partial charge < -0.3 is 0 Å². The molecule has 2 saturated carbocycles. The largest absolute Gasteiger partial charge is 0.0774 e. The quantitative estimate of drug-likeness (QED) is 0.251. The van der Waals surface area contributed by atoms with Crippen LogP contribution < -0.4 is 10.6 Å². The third kappa shape index (κ3) is 6.50. The van der Waals surface area contributed by atoms with E-state index in [0.717, 1.165) is 11.3 Å². The molecule has 3 atom stereocenters. The van der Waals surface area contributed by atoms with Crippen LogP contribution in [0.4, 0.5) is 0 Å². The molecule has 0 bridgehead atoms. The van der Waals surface area contributed by atoms with Crippen LogP contribution in [0.5, 0.6) is 0 Å². The van der Waals surface area contributed by atoms with Crippen LogP contribution in [0.2, 0.25) is 0 Å². The molecule has 0 nitrogen and oxygen atoms in total. The van der Waals surface area contributed by atoms with Crippen molar-refractivity contribution in [2.45, 2.75) is 94.5 Å². The molecule has 0 N–H and O–H groups in total. The van der Waals surface area contributed by atoms with E-state index in [-0.39, 0.29) is 7.92 Å². The molecule has 2 aromatic carbocycles. The SMILES string of the molecule is C[C@H](C[C@H](C1C=CC=C1P(C1CCCCC1)C1CCCCC1)P(c1ccccc1)c1ccccc1)C1C=CC=C1. The van der Waals surface area contributed by atoms with Gasteiger partial charge in [0, 0.05) is 5.92 Å². The Morgan fingerprint density at radius 1 is 0.650 bits per heavy atom. The van der Waals surface area contributed by atoms with E-state index < -0.39 is 7.92 Å². The number of rotatable bonds is 10. The highest BCUT2D eigenvalue weighted by atomic mass is 31.1. The molecule has 0 aliphatic heterocycles. The zero-order valence-corrected chi connectivity index (χ0v) is 26.2. The Morgan fingerprint density at radius 2 is 1.18 bits per heavy atom. The summed E-state index contributed by atoms with van der Waals surface area (Å²) in [6.45, 7) is 2.52. The van der Waals surface area contributed by atoms with Crippen LogP contribution in [0.1, 0.15) is 77.6 Å². The van der Waals surface area contributed by atoms with Crippen molar-refractivity contribution in [3.8, 4) is 0 Å². The van der Waals surface area contributed by atoms with Crippen molar-refractivity contribution in [1.29, 1.82) is 0 Å². The first-order valence-corrected chi connectivity index (χ1v) is 19.1. The van der Waals surface area contributed by atoms with Crippen LogP contribution in [0.15, 0.2) is 109 Å². The molecule has 4 aliphatic carbocycles. The van der Waals surface area contributed by atoms with Gasteiger partial charge in [0.25, 0.3) is 0 Å². The lowest BCUT2D eigenvalue weighted by atomic mass is 9.88. The number of benzene rings is 2. The van der Waals surface area contributed by atoms with Crippen molar-refractivity contribution >= 4 is 26.5 Å². The number of hydrogen-bond donors (Lipinski definition) is 0. The van der Waals surface area contributed by atoms with Gasteiger partial charge >= 0.3 is 0 Å². The maximum atomic E-state index is 2.66. The van der Waals surface area contributed by atoms with E-state index in [0.29, 0.717) is 23.4 Å². The molecule has 1 unspecified atom stereocenters. The van der Waals surface area contributed by atoms with E-state index in [9.17, 15) is 0 Å². The third-order valence-corrected chi connectivity index (χ3v) is 16.6. The number of allylic oxidation sites excluding steroid dienone is 8. The van der Waals surface area contributed by atoms with Gasteiger partial charge in [0.2, 0.25) is 0 Å². The lowest BCUT2D eigenvalue weighted by Gasteiger charge is -2.44. The maximum absolute atomic E-state index is 2.66. The van der Waals surface area contributed by atoms with E-state index in [1.165, 1.54) is 70.6 Å². The summed E-state index contributed by atoms with van der Waals surface area (Å²) in [4.78, 5) is 0. The Balaban J connectivity index is 1.40. The van der Waals surface area contributed by atoms with E-state index >= 15 is 0 Å². The van der Waals surface area contributed by atoms with Crippen LogP contribution in [0, 0.1) is 17.8 Å². The molecule has 6 rings (SSSR count). The van der Waals surface area contributed by atoms with Crippen molar-refractivity contribution < 1.29 is 0 Å². The smallest absolute Gasteiger partial charge is 0.00994 e. The highest BCUT2D eigenvalue weighted by molar-refractivity contribution is 7.73. The lowest BCUT2D eigenvalue weighted by Crippen LogP contribution is -2.32. The summed E-state index contributed by atoms with van der Waals surface area (Å²) in [6, 6.07) is 23.2. The average molecular weight is 567 g/mol. The Kier molecular flexibility index (Phi) is 9.90. The molecular formula is C38H48P2. The molecule has 2 fully saturated rings. The summed E-state index contributed by atoms with van der Waals surface area (Å²) in [5.74, 6) is 1.79. The molecule has 4 aliphatic rings. The molecule has 0 radical (unpaired) electrons. The van der Waals surface area contributed by atoms with Crippen molar-refractivity contribution in [3.05, 3.63) is 109 Å². The van der Waals surface area contributed by atoms with Gasteiger partial charge in [-0.2, -0.15) is 0 Å². The van der Waals surface area contributed by atoms with E-state index in [1.54, 1.807) is 10.6 Å². The van der Waals surface area contributed by atoms with Gasteiger partial charge in [-0.15, -0.1) is 0 Å². The van der Waals surface area contributed by atoms with Crippen molar-refractivity contribution in [2.24, 2.45) is 17.8 Å². The molecule has 2 aromatic rings. The highest BCUT2D eigenvalue weighted by Gasteiger charge is 2.42. The zero-order chi connectivity index (χ0) is 27.1.